The van der Waals surface area contributed by atoms with E-state index in [0.717, 1.165) is 42.6 Å². The second kappa shape index (κ2) is 7.57. The third-order valence-corrected chi connectivity index (χ3v) is 7.11. The zero-order valence-corrected chi connectivity index (χ0v) is 17.4. The van der Waals surface area contributed by atoms with E-state index < -0.39 is 0 Å². The molecule has 4 atom stereocenters. The summed E-state index contributed by atoms with van der Waals surface area (Å²) in [4.78, 5) is 16.6. The number of anilines is 1. The zero-order valence-electron chi connectivity index (χ0n) is 17.4. The summed E-state index contributed by atoms with van der Waals surface area (Å²) in [7, 11) is 0. The number of aromatic amines is 1. The molecule has 4 unspecified atom stereocenters. The molecule has 1 amide bonds. The van der Waals surface area contributed by atoms with Crippen LogP contribution in [0.1, 0.15) is 52.7 Å². The molecule has 1 saturated heterocycles. The molecule has 3 N–H and O–H groups in total. The van der Waals surface area contributed by atoms with Crippen molar-refractivity contribution in [1.82, 2.24) is 10.3 Å². The lowest BCUT2D eigenvalue weighted by atomic mass is 9.76. The van der Waals surface area contributed by atoms with Crippen molar-refractivity contribution in [2.24, 2.45) is 5.92 Å². The third kappa shape index (κ3) is 3.15. The van der Waals surface area contributed by atoms with Crippen LogP contribution in [0.3, 0.4) is 0 Å². The van der Waals surface area contributed by atoms with Gasteiger partial charge < -0.3 is 20.4 Å². The standard InChI is InChI=1S/C26H27N3O2/c30-26(28-14-16-6-5-13-31-16)21-11-4-10-19-17-8-3-9-20(17)25(29-24(19)21)22-15-27-23-12-2-1-7-18(22)23/h1-4,7-8,10-12,15-17,20,25,27,29H,5-6,9,13-14H2,(H,28,30). The molecule has 0 spiro atoms. The first-order valence-corrected chi connectivity index (χ1v) is 11.3. The maximum atomic E-state index is 13.1. The lowest BCUT2D eigenvalue weighted by Crippen LogP contribution is -2.34. The van der Waals surface area contributed by atoms with E-state index in [9.17, 15) is 4.79 Å². The number of carbonyl (C=O) groups is 1. The van der Waals surface area contributed by atoms with Crippen LogP contribution in [0.25, 0.3) is 10.9 Å². The number of nitrogens with one attached hydrogen (secondary N) is 3. The Balaban J connectivity index is 1.36. The molecule has 1 aromatic heterocycles. The number of hydrogen-bond acceptors (Lipinski definition) is 3. The predicted octanol–water partition coefficient (Wildman–Crippen LogP) is 4.90. The second-order valence-electron chi connectivity index (χ2n) is 8.88. The number of hydrogen-bond donors (Lipinski definition) is 3. The summed E-state index contributed by atoms with van der Waals surface area (Å²) in [6, 6.07) is 14.7. The molecular formula is C26H27N3O2. The van der Waals surface area contributed by atoms with Crippen LogP contribution in [0.4, 0.5) is 5.69 Å². The van der Waals surface area contributed by atoms with Crippen molar-refractivity contribution >= 4 is 22.5 Å². The van der Waals surface area contributed by atoms with E-state index in [1.807, 2.05) is 12.1 Å². The first-order valence-electron chi connectivity index (χ1n) is 11.3. The van der Waals surface area contributed by atoms with Crippen molar-refractivity contribution < 1.29 is 9.53 Å². The van der Waals surface area contributed by atoms with Gasteiger partial charge in [-0.15, -0.1) is 0 Å². The summed E-state index contributed by atoms with van der Waals surface area (Å²) in [5, 5.41) is 8.13. The van der Waals surface area contributed by atoms with Gasteiger partial charge >= 0.3 is 0 Å². The van der Waals surface area contributed by atoms with E-state index >= 15 is 0 Å². The number of H-pyrrole nitrogens is 1. The predicted molar refractivity (Wildman–Crippen MR) is 122 cm³/mol. The van der Waals surface area contributed by atoms with Crippen LogP contribution >= 0.6 is 0 Å². The van der Waals surface area contributed by atoms with Gasteiger partial charge in [-0.05, 0) is 48.4 Å². The lowest BCUT2D eigenvalue weighted by Gasteiger charge is -2.38. The lowest BCUT2D eigenvalue weighted by molar-refractivity contribution is 0.0858. The number of para-hydroxylation sites is 2. The van der Waals surface area contributed by atoms with E-state index in [-0.39, 0.29) is 18.1 Å². The number of allylic oxidation sites excluding steroid dienone is 2. The van der Waals surface area contributed by atoms with Gasteiger partial charge in [0.1, 0.15) is 0 Å². The van der Waals surface area contributed by atoms with Gasteiger partial charge in [0.25, 0.3) is 5.91 Å². The maximum Gasteiger partial charge on any atom is 0.253 e. The average Bonchev–Trinajstić information content (AvgIpc) is 3.57. The molecule has 1 aliphatic carbocycles. The summed E-state index contributed by atoms with van der Waals surface area (Å²) in [6.07, 6.45) is 10.0. The Morgan fingerprint density at radius 3 is 2.97 bits per heavy atom. The normalized spacial score (nSPS) is 26.5. The Kier molecular flexibility index (Phi) is 4.57. The van der Waals surface area contributed by atoms with E-state index in [1.165, 1.54) is 16.5 Å². The van der Waals surface area contributed by atoms with Crippen LogP contribution in [0, 0.1) is 5.92 Å². The van der Waals surface area contributed by atoms with Crippen LogP contribution in [-0.4, -0.2) is 30.1 Å². The fourth-order valence-corrected chi connectivity index (χ4v) is 5.58. The summed E-state index contributed by atoms with van der Waals surface area (Å²) < 4.78 is 5.67. The molecule has 0 saturated carbocycles. The molecular weight excluding hydrogens is 386 g/mol. The van der Waals surface area contributed by atoms with Crippen LogP contribution in [-0.2, 0) is 4.74 Å². The summed E-state index contributed by atoms with van der Waals surface area (Å²) >= 11 is 0. The molecule has 2 aliphatic heterocycles. The Labute approximate surface area is 181 Å². The molecule has 3 aromatic rings. The minimum Gasteiger partial charge on any atom is -0.377 e. The highest BCUT2D eigenvalue weighted by molar-refractivity contribution is 6.01. The highest BCUT2D eigenvalue weighted by Gasteiger charge is 2.40. The van der Waals surface area contributed by atoms with Crippen LogP contribution < -0.4 is 10.6 Å². The molecule has 3 heterocycles. The van der Waals surface area contributed by atoms with Gasteiger partial charge in [-0.3, -0.25) is 4.79 Å². The van der Waals surface area contributed by atoms with Crippen molar-refractivity contribution in [3.05, 3.63) is 77.5 Å². The molecule has 31 heavy (non-hydrogen) atoms. The van der Waals surface area contributed by atoms with Gasteiger partial charge in [0, 0.05) is 36.2 Å². The Bertz CT molecular complexity index is 1160. The SMILES string of the molecule is O=C(NCC1CCCO1)c1cccc2c1NC(c1c[nH]c3ccccc13)C1CC=CC21. The van der Waals surface area contributed by atoms with Gasteiger partial charge in [-0.2, -0.15) is 0 Å². The van der Waals surface area contributed by atoms with E-state index in [4.69, 9.17) is 4.74 Å². The quantitative estimate of drug-likeness (QED) is 0.533. The molecule has 5 heteroatoms. The number of amides is 1. The smallest absolute Gasteiger partial charge is 0.253 e. The summed E-state index contributed by atoms with van der Waals surface area (Å²) in [5.41, 5.74) is 5.33. The number of ether oxygens (including phenoxy) is 1. The first-order chi connectivity index (χ1) is 15.3. The molecule has 6 rings (SSSR count). The molecule has 3 aliphatic rings. The summed E-state index contributed by atoms with van der Waals surface area (Å²) in [5.74, 6) is 0.732. The molecule has 1 fully saturated rings. The zero-order chi connectivity index (χ0) is 20.8. The highest BCUT2D eigenvalue weighted by Crippen LogP contribution is 2.51. The monoisotopic (exact) mass is 413 g/mol. The van der Waals surface area contributed by atoms with Gasteiger partial charge in [0.05, 0.1) is 23.4 Å². The fraction of sp³-hybridized carbons (Fsp3) is 0.346. The van der Waals surface area contributed by atoms with E-state index in [2.05, 4.69) is 64.3 Å². The number of rotatable bonds is 4. The van der Waals surface area contributed by atoms with E-state index in [1.54, 1.807) is 0 Å². The van der Waals surface area contributed by atoms with Crippen LogP contribution in [0.15, 0.2) is 60.8 Å². The molecule has 0 radical (unpaired) electrons. The van der Waals surface area contributed by atoms with Crippen molar-refractivity contribution in [2.45, 2.75) is 37.3 Å². The highest BCUT2D eigenvalue weighted by atomic mass is 16.5. The van der Waals surface area contributed by atoms with E-state index in [0.29, 0.717) is 18.4 Å². The number of benzene rings is 2. The first kappa shape index (κ1) is 18.7. The average molecular weight is 414 g/mol. The largest absolute Gasteiger partial charge is 0.377 e. The van der Waals surface area contributed by atoms with Gasteiger partial charge in [0.15, 0.2) is 0 Å². The number of aromatic nitrogens is 1. The van der Waals surface area contributed by atoms with Crippen molar-refractivity contribution in [3.63, 3.8) is 0 Å². The van der Waals surface area contributed by atoms with Crippen molar-refractivity contribution in [2.75, 3.05) is 18.5 Å². The topological polar surface area (TPSA) is 66.2 Å². The maximum absolute atomic E-state index is 13.1. The molecule has 158 valence electrons. The van der Waals surface area contributed by atoms with Crippen molar-refractivity contribution in [1.29, 1.82) is 0 Å². The van der Waals surface area contributed by atoms with Crippen molar-refractivity contribution in [3.8, 4) is 0 Å². The molecule has 2 aromatic carbocycles. The Morgan fingerprint density at radius 1 is 1.13 bits per heavy atom. The van der Waals surface area contributed by atoms with Crippen LogP contribution in [0.5, 0.6) is 0 Å². The van der Waals surface area contributed by atoms with Gasteiger partial charge in [0.2, 0.25) is 0 Å². The Morgan fingerprint density at radius 2 is 2.06 bits per heavy atom. The van der Waals surface area contributed by atoms with Gasteiger partial charge in [-0.1, -0.05) is 42.5 Å². The third-order valence-electron chi connectivity index (χ3n) is 7.11. The molecule has 5 nitrogen and oxygen atoms in total. The molecule has 0 bridgehead atoms. The van der Waals surface area contributed by atoms with Crippen LogP contribution in [0.2, 0.25) is 0 Å². The fourth-order valence-electron chi connectivity index (χ4n) is 5.58. The summed E-state index contributed by atoms with van der Waals surface area (Å²) in [6.45, 7) is 1.37. The minimum atomic E-state index is -0.0297. The number of fused-ring (bicyclic) bond motifs is 4. The minimum absolute atomic E-state index is 0.0297. The second-order valence-corrected chi connectivity index (χ2v) is 8.88. The van der Waals surface area contributed by atoms with Gasteiger partial charge in [-0.25, -0.2) is 0 Å². The number of carbonyl (C=O) groups excluding carboxylic acids is 1. The Hall–Kier alpha value is -3.05.